The summed E-state index contributed by atoms with van der Waals surface area (Å²) >= 11 is 0. The van der Waals surface area contributed by atoms with Crippen LogP contribution in [0.25, 0.3) is 0 Å². The summed E-state index contributed by atoms with van der Waals surface area (Å²) in [4.78, 5) is 31.7. The van der Waals surface area contributed by atoms with Crippen LogP contribution < -0.4 is 16.0 Å². The number of amides is 2. The molecule has 2 heterocycles. The fourth-order valence-electron chi connectivity index (χ4n) is 3.11. The topological polar surface area (TPSA) is 108 Å². The van der Waals surface area contributed by atoms with Crippen LogP contribution in [0.1, 0.15) is 37.2 Å². The maximum atomic E-state index is 14.3. The fourth-order valence-corrected chi connectivity index (χ4v) is 3.11. The molecule has 7 nitrogen and oxygen atoms in total. The van der Waals surface area contributed by atoms with Crippen molar-refractivity contribution >= 4 is 23.5 Å². The Hall–Kier alpha value is -2.69. The molecule has 2 amide bonds. The lowest BCUT2D eigenvalue weighted by Crippen LogP contribution is -2.47. The molecule has 0 aliphatic carbocycles. The van der Waals surface area contributed by atoms with Crippen molar-refractivity contribution in [1.82, 2.24) is 10.6 Å². The Kier molecular flexibility index (Phi) is 7.54. The van der Waals surface area contributed by atoms with E-state index in [9.17, 15) is 27.2 Å². The molecule has 11 heteroatoms. The van der Waals surface area contributed by atoms with Gasteiger partial charge in [0.25, 0.3) is 0 Å². The maximum Gasteiger partial charge on any atom is 0.490 e. The zero-order valence-electron chi connectivity index (χ0n) is 15.3. The van der Waals surface area contributed by atoms with Gasteiger partial charge in [-0.2, -0.15) is 13.2 Å². The minimum absolute atomic E-state index is 0.232. The second kappa shape index (κ2) is 9.68. The first kappa shape index (κ1) is 22.6. The molecule has 2 aliphatic rings. The number of anilines is 1. The standard InChI is InChI=1S/C16H20FN3O2.C2HF3O2/c17-13-9-11(19-14-3-4-15(21)20-16(14)22)1-2-12(13)10-5-7-18-8-6-10;3-2(4,5)1(6)7/h1-2,9-10,14,18-19H,3-8H2,(H,20,21,22);(H,6,7). The van der Waals surface area contributed by atoms with Gasteiger partial charge in [0.1, 0.15) is 11.9 Å². The predicted molar refractivity (Wildman–Crippen MR) is 94.7 cm³/mol. The van der Waals surface area contributed by atoms with E-state index in [2.05, 4.69) is 16.0 Å². The van der Waals surface area contributed by atoms with E-state index in [-0.39, 0.29) is 23.5 Å². The molecule has 1 aromatic carbocycles. The molecule has 0 spiro atoms. The van der Waals surface area contributed by atoms with Gasteiger partial charge in [-0.15, -0.1) is 0 Å². The van der Waals surface area contributed by atoms with Gasteiger partial charge in [0.15, 0.2) is 0 Å². The third-order valence-corrected chi connectivity index (χ3v) is 4.60. The summed E-state index contributed by atoms with van der Waals surface area (Å²) < 4.78 is 46.1. The van der Waals surface area contributed by atoms with E-state index >= 15 is 0 Å². The van der Waals surface area contributed by atoms with E-state index in [0.29, 0.717) is 18.5 Å². The SMILES string of the molecule is O=C(O)C(F)(F)F.O=C1CCC(Nc2ccc(C3CCNCC3)c(F)c2)C(=O)N1. The summed E-state index contributed by atoms with van der Waals surface area (Å²) in [5.41, 5.74) is 1.32. The number of hydrogen-bond acceptors (Lipinski definition) is 5. The molecular weight excluding hydrogens is 398 g/mol. The molecule has 0 radical (unpaired) electrons. The minimum atomic E-state index is -5.08. The molecule has 1 unspecified atom stereocenters. The van der Waals surface area contributed by atoms with Gasteiger partial charge in [0.2, 0.25) is 11.8 Å². The highest BCUT2D eigenvalue weighted by Crippen LogP contribution is 2.29. The molecule has 29 heavy (non-hydrogen) atoms. The van der Waals surface area contributed by atoms with Crippen LogP contribution in [0.4, 0.5) is 23.2 Å². The number of benzene rings is 1. The molecule has 0 bridgehead atoms. The number of nitrogens with one attached hydrogen (secondary N) is 3. The van der Waals surface area contributed by atoms with Crippen LogP contribution in [-0.4, -0.2) is 48.2 Å². The van der Waals surface area contributed by atoms with Gasteiger partial charge in [0.05, 0.1) is 0 Å². The largest absolute Gasteiger partial charge is 0.490 e. The van der Waals surface area contributed by atoms with Crippen molar-refractivity contribution in [2.45, 2.75) is 43.8 Å². The molecular formula is C18H21F4N3O4. The Morgan fingerprint density at radius 3 is 2.28 bits per heavy atom. The van der Waals surface area contributed by atoms with E-state index in [0.717, 1.165) is 31.5 Å². The summed E-state index contributed by atoms with van der Waals surface area (Å²) in [6, 6.07) is 4.58. The number of hydrogen-bond donors (Lipinski definition) is 4. The normalized spacial score (nSPS) is 20.3. The van der Waals surface area contributed by atoms with Crippen LogP contribution >= 0.6 is 0 Å². The first-order valence-electron chi connectivity index (χ1n) is 8.98. The summed E-state index contributed by atoms with van der Waals surface area (Å²) in [6.07, 6.45) is -2.46. The number of aliphatic carboxylic acids is 1. The van der Waals surface area contributed by atoms with Crippen LogP contribution in [0, 0.1) is 5.82 Å². The van der Waals surface area contributed by atoms with Gasteiger partial charge < -0.3 is 15.7 Å². The molecule has 1 aromatic rings. The summed E-state index contributed by atoms with van der Waals surface area (Å²) in [5, 5.41) is 15.7. The summed E-state index contributed by atoms with van der Waals surface area (Å²) in [5.74, 6) is -3.34. The summed E-state index contributed by atoms with van der Waals surface area (Å²) in [6.45, 7) is 1.83. The van der Waals surface area contributed by atoms with Crippen molar-refractivity contribution in [3.8, 4) is 0 Å². The van der Waals surface area contributed by atoms with Crippen LogP contribution in [0.3, 0.4) is 0 Å². The Bertz CT molecular complexity index is 764. The van der Waals surface area contributed by atoms with E-state index in [1.165, 1.54) is 6.07 Å². The second-order valence-corrected chi connectivity index (χ2v) is 6.71. The number of piperidine rings is 2. The van der Waals surface area contributed by atoms with Gasteiger partial charge in [-0.3, -0.25) is 14.9 Å². The number of halogens is 4. The first-order chi connectivity index (χ1) is 13.6. The van der Waals surface area contributed by atoms with E-state index in [1.807, 2.05) is 6.07 Å². The monoisotopic (exact) mass is 419 g/mol. The average Bonchev–Trinajstić information content (AvgIpc) is 2.65. The smallest absolute Gasteiger partial charge is 0.475 e. The molecule has 4 N–H and O–H groups in total. The number of rotatable bonds is 3. The van der Waals surface area contributed by atoms with Crippen molar-refractivity contribution in [2.75, 3.05) is 18.4 Å². The van der Waals surface area contributed by atoms with Gasteiger partial charge in [0, 0.05) is 12.1 Å². The van der Waals surface area contributed by atoms with Crippen LogP contribution in [0.2, 0.25) is 0 Å². The van der Waals surface area contributed by atoms with Crippen molar-refractivity contribution < 1.29 is 37.1 Å². The molecule has 3 rings (SSSR count). The first-order valence-corrected chi connectivity index (χ1v) is 8.98. The van der Waals surface area contributed by atoms with Gasteiger partial charge >= 0.3 is 12.1 Å². The number of carbonyl (C=O) groups excluding carboxylic acids is 2. The molecule has 2 aliphatic heterocycles. The lowest BCUT2D eigenvalue weighted by molar-refractivity contribution is -0.192. The van der Waals surface area contributed by atoms with Crippen molar-refractivity contribution in [1.29, 1.82) is 0 Å². The van der Waals surface area contributed by atoms with Crippen LogP contribution in [0.15, 0.2) is 18.2 Å². The Balaban J connectivity index is 0.000000370. The quantitative estimate of drug-likeness (QED) is 0.442. The Labute approximate surface area is 163 Å². The van der Waals surface area contributed by atoms with E-state index in [1.54, 1.807) is 6.07 Å². The number of carbonyl (C=O) groups is 3. The second-order valence-electron chi connectivity index (χ2n) is 6.71. The molecule has 2 fully saturated rings. The number of imide groups is 1. The van der Waals surface area contributed by atoms with E-state index < -0.39 is 18.2 Å². The van der Waals surface area contributed by atoms with Gasteiger partial charge in [-0.25, -0.2) is 9.18 Å². The van der Waals surface area contributed by atoms with Crippen molar-refractivity contribution in [3.63, 3.8) is 0 Å². The van der Waals surface area contributed by atoms with E-state index in [4.69, 9.17) is 9.90 Å². The van der Waals surface area contributed by atoms with Gasteiger partial charge in [-0.1, -0.05) is 6.07 Å². The number of carboxylic acids is 1. The minimum Gasteiger partial charge on any atom is -0.475 e. The lowest BCUT2D eigenvalue weighted by atomic mass is 9.89. The van der Waals surface area contributed by atoms with Crippen molar-refractivity contribution in [2.24, 2.45) is 0 Å². The van der Waals surface area contributed by atoms with Crippen LogP contribution in [0.5, 0.6) is 0 Å². The predicted octanol–water partition coefficient (Wildman–Crippen LogP) is 2.14. The Morgan fingerprint density at radius 2 is 1.76 bits per heavy atom. The molecule has 0 saturated carbocycles. The zero-order chi connectivity index (χ0) is 21.6. The highest BCUT2D eigenvalue weighted by molar-refractivity contribution is 6.01. The molecule has 2 saturated heterocycles. The zero-order valence-corrected chi connectivity index (χ0v) is 15.3. The lowest BCUT2D eigenvalue weighted by Gasteiger charge is -2.25. The highest BCUT2D eigenvalue weighted by Gasteiger charge is 2.38. The molecule has 0 aromatic heterocycles. The fraction of sp³-hybridized carbons (Fsp3) is 0.500. The van der Waals surface area contributed by atoms with Crippen molar-refractivity contribution in [3.05, 3.63) is 29.6 Å². The van der Waals surface area contributed by atoms with Crippen LogP contribution in [-0.2, 0) is 14.4 Å². The van der Waals surface area contributed by atoms with Gasteiger partial charge in [-0.05, 0) is 56.0 Å². The third kappa shape index (κ3) is 6.70. The number of carboxylic acid groups (broad SMARTS) is 1. The number of alkyl halides is 3. The average molecular weight is 419 g/mol. The Morgan fingerprint density at radius 1 is 1.14 bits per heavy atom. The maximum absolute atomic E-state index is 14.3. The molecule has 160 valence electrons. The highest BCUT2D eigenvalue weighted by atomic mass is 19.4. The third-order valence-electron chi connectivity index (χ3n) is 4.60. The molecule has 1 atom stereocenters. The summed E-state index contributed by atoms with van der Waals surface area (Å²) in [7, 11) is 0.